The highest BCUT2D eigenvalue weighted by atomic mass is 32.1. The summed E-state index contributed by atoms with van der Waals surface area (Å²) in [6, 6.07) is 10.5. The normalized spacial score (nSPS) is 15.6. The van der Waals surface area contributed by atoms with Crippen molar-refractivity contribution < 1.29 is 4.79 Å². The van der Waals surface area contributed by atoms with Crippen LogP contribution in [0.25, 0.3) is 10.7 Å². The third-order valence-electron chi connectivity index (χ3n) is 5.10. The summed E-state index contributed by atoms with van der Waals surface area (Å²) in [7, 11) is 0. The summed E-state index contributed by atoms with van der Waals surface area (Å²) in [4.78, 5) is 25.6. The number of hydrogen-bond donors (Lipinski definition) is 1. The van der Waals surface area contributed by atoms with Crippen molar-refractivity contribution in [1.82, 2.24) is 20.3 Å². The summed E-state index contributed by atoms with van der Waals surface area (Å²) < 4.78 is 0. The maximum Gasteiger partial charge on any atom is 0.271 e. The van der Waals surface area contributed by atoms with Crippen LogP contribution in [0.2, 0.25) is 0 Å². The minimum Gasteiger partial charge on any atom is -0.347 e. The van der Waals surface area contributed by atoms with Crippen molar-refractivity contribution in [2.24, 2.45) is 5.92 Å². The summed E-state index contributed by atoms with van der Waals surface area (Å²) in [5.41, 5.74) is 2.41. The molecule has 1 aliphatic rings. The van der Waals surface area contributed by atoms with E-state index in [1.54, 1.807) is 24.0 Å². The molecule has 138 valence electrons. The molecule has 3 aromatic rings. The van der Waals surface area contributed by atoms with Crippen LogP contribution in [-0.4, -0.2) is 26.9 Å². The van der Waals surface area contributed by atoms with Gasteiger partial charge in [-0.1, -0.05) is 43.2 Å². The number of benzene rings is 1. The van der Waals surface area contributed by atoms with Gasteiger partial charge in [0.25, 0.3) is 5.91 Å². The molecule has 1 unspecified atom stereocenters. The van der Waals surface area contributed by atoms with Gasteiger partial charge in [0.15, 0.2) is 0 Å². The minimum absolute atomic E-state index is 0.103. The van der Waals surface area contributed by atoms with Gasteiger partial charge in [0.1, 0.15) is 16.4 Å². The lowest BCUT2D eigenvalue weighted by molar-refractivity contribution is 0.0917. The van der Waals surface area contributed by atoms with E-state index in [9.17, 15) is 4.79 Å². The van der Waals surface area contributed by atoms with Crippen molar-refractivity contribution in [2.75, 3.05) is 0 Å². The smallest absolute Gasteiger partial charge is 0.271 e. The number of nitrogens with one attached hydrogen (secondary N) is 1. The molecule has 0 bridgehead atoms. The van der Waals surface area contributed by atoms with Crippen LogP contribution in [-0.2, 0) is 6.42 Å². The fourth-order valence-electron chi connectivity index (χ4n) is 3.71. The number of aromatic nitrogens is 3. The van der Waals surface area contributed by atoms with Gasteiger partial charge in [-0.05, 0) is 30.7 Å². The van der Waals surface area contributed by atoms with Crippen LogP contribution in [0.3, 0.4) is 0 Å². The monoisotopic (exact) mass is 378 g/mol. The van der Waals surface area contributed by atoms with E-state index in [1.807, 2.05) is 6.07 Å². The van der Waals surface area contributed by atoms with Crippen LogP contribution in [0.1, 0.15) is 41.7 Å². The molecule has 0 saturated heterocycles. The zero-order valence-electron chi connectivity index (χ0n) is 15.0. The van der Waals surface area contributed by atoms with Crippen LogP contribution >= 0.6 is 11.3 Å². The Kier molecular flexibility index (Phi) is 5.53. The van der Waals surface area contributed by atoms with Gasteiger partial charge >= 0.3 is 0 Å². The molecule has 1 atom stereocenters. The lowest BCUT2D eigenvalue weighted by atomic mass is 9.92. The van der Waals surface area contributed by atoms with Crippen molar-refractivity contribution in [3.05, 3.63) is 65.6 Å². The zero-order chi connectivity index (χ0) is 18.5. The molecule has 5 nitrogen and oxygen atoms in total. The molecule has 1 N–H and O–H groups in total. The van der Waals surface area contributed by atoms with Crippen molar-refractivity contribution in [3.63, 3.8) is 0 Å². The molecule has 1 aliphatic carbocycles. The number of carbonyl (C=O) groups is 1. The summed E-state index contributed by atoms with van der Waals surface area (Å²) in [5, 5.41) is 5.77. The number of rotatable bonds is 6. The molecule has 1 aromatic carbocycles. The zero-order valence-corrected chi connectivity index (χ0v) is 15.9. The van der Waals surface area contributed by atoms with Crippen LogP contribution < -0.4 is 5.32 Å². The first-order valence-electron chi connectivity index (χ1n) is 9.36. The highest BCUT2D eigenvalue weighted by Gasteiger charge is 2.27. The molecule has 2 heterocycles. The van der Waals surface area contributed by atoms with Gasteiger partial charge in [0, 0.05) is 23.8 Å². The third-order valence-corrected chi connectivity index (χ3v) is 5.97. The summed E-state index contributed by atoms with van der Waals surface area (Å²) in [6.07, 6.45) is 10.6. The van der Waals surface area contributed by atoms with E-state index in [-0.39, 0.29) is 11.9 Å². The van der Waals surface area contributed by atoms with Crippen molar-refractivity contribution in [3.8, 4) is 10.7 Å². The lowest BCUT2D eigenvalue weighted by Gasteiger charge is -2.24. The van der Waals surface area contributed by atoms with Gasteiger partial charge in [-0.3, -0.25) is 14.8 Å². The van der Waals surface area contributed by atoms with E-state index < -0.39 is 0 Å². The average Bonchev–Trinajstić information content (AvgIpc) is 3.41. The van der Waals surface area contributed by atoms with Gasteiger partial charge in [0.05, 0.1) is 6.20 Å². The number of nitrogens with zero attached hydrogens (tertiary/aromatic N) is 3. The van der Waals surface area contributed by atoms with Gasteiger partial charge < -0.3 is 5.32 Å². The first kappa shape index (κ1) is 17.8. The summed E-state index contributed by atoms with van der Waals surface area (Å²) in [6.45, 7) is 0. The highest BCUT2D eigenvalue weighted by molar-refractivity contribution is 7.13. The van der Waals surface area contributed by atoms with Gasteiger partial charge in [-0.2, -0.15) is 0 Å². The van der Waals surface area contributed by atoms with E-state index in [0.29, 0.717) is 22.3 Å². The molecular formula is C21H22N4OS. The molecule has 1 fully saturated rings. The van der Waals surface area contributed by atoms with E-state index in [1.165, 1.54) is 42.6 Å². The van der Waals surface area contributed by atoms with Crippen molar-refractivity contribution >= 4 is 17.2 Å². The first-order valence-corrected chi connectivity index (χ1v) is 10.2. The average molecular weight is 379 g/mol. The fourth-order valence-corrected chi connectivity index (χ4v) is 4.47. The SMILES string of the molecule is O=C(NC(Cc1ccccc1)C1CCCC1)c1csc(-c2cnccn2)n1. The van der Waals surface area contributed by atoms with Crippen molar-refractivity contribution in [2.45, 2.75) is 38.1 Å². The molecule has 0 radical (unpaired) electrons. The maximum atomic E-state index is 12.8. The minimum atomic E-state index is -0.103. The molecule has 1 amide bonds. The fraction of sp³-hybridized carbons (Fsp3) is 0.333. The topological polar surface area (TPSA) is 67.8 Å². The Hall–Kier alpha value is -2.60. The number of hydrogen-bond acceptors (Lipinski definition) is 5. The summed E-state index contributed by atoms with van der Waals surface area (Å²) >= 11 is 1.42. The third kappa shape index (κ3) is 4.39. The Morgan fingerprint density at radius 2 is 2.00 bits per heavy atom. The van der Waals surface area contributed by atoms with E-state index in [0.717, 1.165) is 6.42 Å². The molecule has 4 rings (SSSR count). The Bertz CT molecular complexity index is 875. The highest BCUT2D eigenvalue weighted by Crippen LogP contribution is 2.30. The van der Waals surface area contributed by atoms with Crippen LogP contribution in [0, 0.1) is 5.92 Å². The molecule has 0 spiro atoms. The number of amides is 1. The molecule has 27 heavy (non-hydrogen) atoms. The molecular weight excluding hydrogens is 356 g/mol. The quantitative estimate of drug-likeness (QED) is 0.700. The lowest BCUT2D eigenvalue weighted by Crippen LogP contribution is -2.41. The van der Waals surface area contributed by atoms with E-state index >= 15 is 0 Å². The first-order chi connectivity index (χ1) is 13.3. The van der Waals surface area contributed by atoms with Gasteiger partial charge in [-0.25, -0.2) is 4.98 Å². The van der Waals surface area contributed by atoms with E-state index in [4.69, 9.17) is 0 Å². The summed E-state index contributed by atoms with van der Waals surface area (Å²) in [5.74, 6) is 0.432. The second-order valence-corrected chi connectivity index (χ2v) is 7.80. The molecule has 2 aromatic heterocycles. The Labute approximate surface area is 162 Å². The number of carbonyl (C=O) groups excluding carboxylic acids is 1. The van der Waals surface area contributed by atoms with E-state index in [2.05, 4.69) is 44.5 Å². The van der Waals surface area contributed by atoms with Gasteiger partial charge in [-0.15, -0.1) is 11.3 Å². The molecule has 6 heteroatoms. The number of thiazole rings is 1. The van der Waals surface area contributed by atoms with Crippen molar-refractivity contribution in [1.29, 1.82) is 0 Å². The Balaban J connectivity index is 1.49. The second kappa shape index (κ2) is 8.39. The molecule has 0 aliphatic heterocycles. The van der Waals surface area contributed by atoms with Crippen LogP contribution in [0.15, 0.2) is 54.3 Å². The molecule has 1 saturated carbocycles. The maximum absolute atomic E-state index is 12.8. The predicted octanol–water partition coefficient (Wildman–Crippen LogP) is 4.13. The Morgan fingerprint density at radius 3 is 2.74 bits per heavy atom. The standard InChI is InChI=1S/C21H22N4OS/c26-20(19-14-27-21(25-19)18-13-22-10-11-23-18)24-17(16-8-4-5-9-16)12-15-6-2-1-3-7-15/h1-3,6-7,10-11,13-14,16-17H,4-5,8-9,12H2,(H,24,26). The second-order valence-electron chi connectivity index (χ2n) is 6.94. The predicted molar refractivity (Wildman–Crippen MR) is 106 cm³/mol. The Morgan fingerprint density at radius 1 is 1.19 bits per heavy atom. The van der Waals surface area contributed by atoms with Gasteiger partial charge in [0.2, 0.25) is 0 Å². The van der Waals surface area contributed by atoms with Crippen LogP contribution in [0.5, 0.6) is 0 Å². The largest absolute Gasteiger partial charge is 0.347 e. The van der Waals surface area contributed by atoms with Crippen LogP contribution in [0.4, 0.5) is 0 Å².